The Labute approximate surface area is 252 Å². The monoisotopic (exact) mass is 720 g/mol. The predicted octanol–water partition coefficient (Wildman–Crippen LogP) is 6.80. The smallest absolute Gasteiger partial charge is 0.300 e. The van der Waals surface area contributed by atoms with Crippen molar-refractivity contribution in [2.75, 3.05) is 0 Å². The van der Waals surface area contributed by atoms with Crippen LogP contribution in [-0.4, -0.2) is 69.9 Å². The van der Waals surface area contributed by atoms with E-state index in [2.05, 4.69) is 118 Å². The number of rotatable bonds is 12. The van der Waals surface area contributed by atoms with Gasteiger partial charge in [0.15, 0.2) is 32.8 Å². The molecule has 1 N–H and O–H groups in total. The van der Waals surface area contributed by atoms with Gasteiger partial charge in [-0.3, -0.25) is 12.6 Å². The van der Waals surface area contributed by atoms with Gasteiger partial charge in [0.1, 0.15) is 0 Å². The highest BCUT2D eigenvalue weighted by Crippen LogP contribution is 2.62. The van der Waals surface area contributed by atoms with Crippen molar-refractivity contribution in [2.45, 2.75) is 125 Å². The third-order valence-corrected chi connectivity index (χ3v) is 18.8. The molecule has 0 rings (SSSR count). The Bertz CT molecular complexity index is 640. The summed E-state index contributed by atoms with van der Waals surface area (Å²) in [7, 11) is -17.2. The second kappa shape index (κ2) is 17.6. The lowest BCUT2D eigenvalue weighted by Gasteiger charge is -2.39. The number of hydrogen-bond donors (Lipinski definition) is 1. The molecule has 0 amide bonds. The fourth-order valence-corrected chi connectivity index (χ4v) is 15.1. The van der Waals surface area contributed by atoms with Crippen LogP contribution in [0.4, 0.5) is 0 Å². The van der Waals surface area contributed by atoms with E-state index in [0.717, 1.165) is 0 Å². The molecule has 0 aromatic rings. The van der Waals surface area contributed by atoms with E-state index in [1.165, 1.54) is 0 Å². The summed E-state index contributed by atoms with van der Waals surface area (Å²) < 4.78 is 46.5. The molecule has 0 bridgehead atoms. The summed E-state index contributed by atoms with van der Waals surface area (Å²) in [6.45, 7) is 39.6. The van der Waals surface area contributed by atoms with Gasteiger partial charge in [0, 0.05) is 7.57 Å². The molecule has 39 heavy (non-hydrogen) atoms. The fraction of sp³-hybridized carbons (Fsp3) is 1.00. The van der Waals surface area contributed by atoms with Gasteiger partial charge >= 0.3 is 0 Å². The van der Waals surface area contributed by atoms with E-state index in [0.29, 0.717) is 0 Å². The molecule has 0 radical (unpaired) electrons. The Balaban J connectivity index is -0.000000262. The summed E-state index contributed by atoms with van der Waals surface area (Å²) in [6, 6.07) is 0. The Morgan fingerprint density at radius 3 is 0.846 bits per heavy atom. The second-order valence-electron chi connectivity index (χ2n) is 13.9. The lowest BCUT2D eigenvalue weighted by Crippen LogP contribution is -2.37. The largest absolute Gasteiger partial charge is 0.809 e. The molecule has 20 heteroatoms. The van der Waals surface area contributed by atoms with Crippen LogP contribution >= 0.6 is 23.9 Å². The van der Waals surface area contributed by atoms with E-state index in [4.69, 9.17) is 30.2 Å². The maximum Gasteiger partial charge on any atom is 0.300 e. The van der Waals surface area contributed by atoms with E-state index in [1.807, 2.05) is 0 Å². The van der Waals surface area contributed by atoms with Crippen LogP contribution in [0.2, 0.25) is 118 Å². The van der Waals surface area contributed by atoms with Crippen molar-refractivity contribution >= 4 is 88.9 Å². The van der Waals surface area contributed by atoms with Gasteiger partial charge in [0.25, 0.3) is 8.60 Å². The van der Waals surface area contributed by atoms with Crippen LogP contribution in [0, 0.1) is 0 Å². The van der Waals surface area contributed by atoms with Gasteiger partial charge in [-0.15, -0.1) is 0 Å². The molecule has 0 aromatic carbocycles. The average molecular weight is 721 g/mol. The Morgan fingerprint density at radius 1 is 0.590 bits per heavy atom. The molecule has 0 spiro atoms. The van der Waals surface area contributed by atoms with E-state index in [1.54, 1.807) is 0 Å². The molecule has 242 valence electrons. The SMILES string of the molecule is C.C[Si](C)(C)OP(O[Si](C)(C)C)O[Si](C)(C)C.[BH3-]P(=O)([O-])O.[BH3-][P+](O[Si](C)(C)C)(O[Si](C)(C)C)O[Si](C)(C)C. The van der Waals surface area contributed by atoms with Crippen LogP contribution in [0.1, 0.15) is 7.43 Å². The van der Waals surface area contributed by atoms with E-state index in [-0.39, 0.29) is 15.0 Å². The van der Waals surface area contributed by atoms with Gasteiger partial charge in [0.2, 0.25) is 32.5 Å². The van der Waals surface area contributed by atoms with E-state index in [9.17, 15) is 9.46 Å². The first kappa shape index (κ1) is 48.1. The van der Waals surface area contributed by atoms with E-state index < -0.39 is 81.4 Å². The molecular weight excluding hydrogens is 655 g/mol. The minimum absolute atomic E-state index is 0. The zero-order valence-corrected chi connectivity index (χ0v) is 34.7. The molecule has 1 atom stereocenters. The average Bonchev–Trinajstić information content (AvgIpc) is 2.30. The minimum atomic E-state index is -3.64. The van der Waals surface area contributed by atoms with Crippen molar-refractivity contribution in [3.8, 4) is 0 Å². The fourth-order valence-electron chi connectivity index (χ4n) is 1.45. The molecule has 0 fully saturated rings. The predicted molar refractivity (Wildman–Crippen MR) is 197 cm³/mol. The summed E-state index contributed by atoms with van der Waals surface area (Å²) in [5.74, 6) is 0. The highest BCUT2D eigenvalue weighted by molar-refractivity contribution is 7.88. The van der Waals surface area contributed by atoms with Crippen LogP contribution in [0.25, 0.3) is 0 Å². The van der Waals surface area contributed by atoms with Crippen LogP contribution < -0.4 is 4.89 Å². The van der Waals surface area contributed by atoms with Gasteiger partial charge in [-0.05, 0) is 125 Å². The summed E-state index contributed by atoms with van der Waals surface area (Å²) in [5, 5.41) is 0. The van der Waals surface area contributed by atoms with Gasteiger partial charge in [-0.1, -0.05) is 7.43 Å². The molecule has 9 nitrogen and oxygen atoms in total. The van der Waals surface area contributed by atoms with Crippen LogP contribution in [-0.2, 0) is 29.8 Å². The first-order chi connectivity index (χ1) is 15.9. The van der Waals surface area contributed by atoms with Crippen LogP contribution in [0.3, 0.4) is 0 Å². The van der Waals surface area contributed by atoms with Gasteiger partial charge < -0.3 is 27.0 Å². The zero-order valence-electron chi connectivity index (χ0n) is 26.1. The molecule has 1 unspecified atom stereocenters. The van der Waals surface area contributed by atoms with Crippen molar-refractivity contribution < 1.29 is 39.6 Å². The molecular formula is C19H65B2O9P3Si6-2. The Morgan fingerprint density at radius 2 is 0.744 bits per heavy atom. The Hall–Kier alpha value is 2.20. The summed E-state index contributed by atoms with van der Waals surface area (Å²) >= 11 is 0. The molecule has 0 aromatic heterocycles. The topological polar surface area (TPSA) is 116 Å². The van der Waals surface area contributed by atoms with Gasteiger partial charge in [-0.25, -0.2) is 0 Å². The maximum atomic E-state index is 9.33. The first-order valence-corrected chi connectivity index (χ1v) is 35.7. The first-order valence-electron chi connectivity index (χ1n) is 11.9. The quantitative estimate of drug-likeness (QED) is 0.172. The third kappa shape index (κ3) is 47.3. The minimum Gasteiger partial charge on any atom is -0.809 e. The molecule has 0 aliphatic rings. The summed E-state index contributed by atoms with van der Waals surface area (Å²) in [5.41, 5.74) is 0. The van der Waals surface area contributed by atoms with Crippen molar-refractivity contribution in [3.05, 3.63) is 0 Å². The summed E-state index contributed by atoms with van der Waals surface area (Å²) in [6.07, 6.45) is 0. The lowest BCUT2D eigenvalue weighted by atomic mass is 10.8. The zero-order chi connectivity index (χ0) is 31.8. The highest BCUT2D eigenvalue weighted by Gasteiger charge is 2.44. The standard InChI is InChI=1S/C9H30BO3PSi3.C9H27O3PSi3.CH4.BH5O3P/c1-15(2,3)11-14(10,12-16(4,5)6)13-17(7,8)9;1-14(2,3)10-13(11-15(4,5)6)12-16(7,8)9;;1-5(2,3)4/h1-10H3;1-9H3;1H4;1H3,(H2,2,3,4)/q;;;-1/p-1. The van der Waals surface area contributed by atoms with Crippen molar-refractivity contribution in [3.63, 3.8) is 0 Å². The van der Waals surface area contributed by atoms with E-state index >= 15 is 0 Å². The maximum absolute atomic E-state index is 9.33. The Kier molecular flexibility index (Phi) is 21.7. The van der Waals surface area contributed by atoms with Crippen LogP contribution in [0.15, 0.2) is 0 Å². The normalized spacial score (nSPS) is 15.4. The van der Waals surface area contributed by atoms with Crippen molar-refractivity contribution in [1.82, 2.24) is 0 Å². The summed E-state index contributed by atoms with van der Waals surface area (Å²) in [4.78, 5) is 17.0. The van der Waals surface area contributed by atoms with Gasteiger partial charge in [0.05, 0.1) is 0 Å². The lowest BCUT2D eigenvalue weighted by molar-refractivity contribution is -0.185. The molecule has 0 aliphatic carbocycles. The second-order valence-corrected chi connectivity index (χ2v) is 45.0. The van der Waals surface area contributed by atoms with Crippen molar-refractivity contribution in [2.24, 2.45) is 0 Å². The molecule has 0 saturated heterocycles. The van der Waals surface area contributed by atoms with Crippen molar-refractivity contribution in [1.29, 1.82) is 0 Å². The molecule has 0 heterocycles. The van der Waals surface area contributed by atoms with Crippen LogP contribution in [0.5, 0.6) is 0 Å². The number of hydrogen-bond acceptors (Lipinski definition) is 8. The molecule has 0 aliphatic heterocycles. The molecule has 0 saturated carbocycles. The third-order valence-electron chi connectivity index (χ3n) is 2.09. The highest BCUT2D eigenvalue weighted by atomic mass is 31.2. The van der Waals surface area contributed by atoms with Gasteiger partial charge in [-0.2, -0.15) is 0 Å².